The number of hydrogen-bond donors (Lipinski definition) is 1. The van der Waals surface area contributed by atoms with E-state index >= 15 is 0 Å². The van der Waals surface area contributed by atoms with Crippen LogP contribution in [0.25, 0.3) is 22.6 Å². The van der Waals surface area contributed by atoms with Crippen LogP contribution in [0.2, 0.25) is 10.0 Å². The Bertz CT molecular complexity index is 1260. The fourth-order valence-electron chi connectivity index (χ4n) is 3.10. The number of anilines is 1. The third kappa shape index (κ3) is 4.12. The number of benzene rings is 1. The van der Waals surface area contributed by atoms with E-state index in [-0.39, 0.29) is 17.9 Å². The summed E-state index contributed by atoms with van der Waals surface area (Å²) < 4.78 is 10.6. The number of carbonyl (C=O) groups excluding carboxylic acids is 2. The molecule has 31 heavy (non-hydrogen) atoms. The number of furan rings is 1. The molecule has 0 atom stereocenters. The average molecular weight is 459 g/mol. The molecule has 0 aliphatic rings. The van der Waals surface area contributed by atoms with Crippen LogP contribution in [0.4, 0.5) is 5.69 Å². The van der Waals surface area contributed by atoms with Crippen molar-refractivity contribution in [2.45, 2.75) is 6.92 Å². The molecule has 4 rings (SSSR count). The van der Waals surface area contributed by atoms with Gasteiger partial charge in [0.1, 0.15) is 5.69 Å². The van der Waals surface area contributed by atoms with Crippen molar-refractivity contribution in [1.29, 1.82) is 0 Å². The van der Waals surface area contributed by atoms with Gasteiger partial charge < -0.3 is 19.2 Å². The van der Waals surface area contributed by atoms with Gasteiger partial charge in [-0.15, -0.1) is 0 Å². The normalized spacial score (nSPS) is 11.0. The Morgan fingerprint density at radius 3 is 2.58 bits per heavy atom. The predicted octanol–water partition coefficient (Wildman–Crippen LogP) is 4.81. The minimum absolute atomic E-state index is 0.204. The number of pyridine rings is 1. The quantitative estimate of drug-likeness (QED) is 0.460. The Kier molecular flexibility index (Phi) is 5.67. The summed E-state index contributed by atoms with van der Waals surface area (Å²) in [7, 11) is 1.51. The second-order valence-corrected chi connectivity index (χ2v) is 7.60. The van der Waals surface area contributed by atoms with Gasteiger partial charge in [-0.05, 0) is 37.3 Å². The van der Waals surface area contributed by atoms with Crippen molar-refractivity contribution >= 4 is 51.8 Å². The van der Waals surface area contributed by atoms with E-state index in [1.165, 1.54) is 18.2 Å². The molecule has 0 saturated heterocycles. The topological polar surface area (TPSA) is 101 Å². The standard InChI is InChI=1S/C21H16Cl2N4O4/c1-11-18-12(9-15(16-7-4-8-30-16)24-20(18)31-26-11)21(29)27(2)10-17(28)25-19-13(22)5-3-6-14(19)23/h3-9H,10H2,1-2H3,(H,25,28). The molecule has 8 nitrogen and oxygen atoms in total. The van der Waals surface area contributed by atoms with Crippen molar-refractivity contribution < 1.29 is 18.5 Å². The maximum absolute atomic E-state index is 13.2. The predicted molar refractivity (Wildman–Crippen MR) is 116 cm³/mol. The fourth-order valence-corrected chi connectivity index (χ4v) is 3.59. The van der Waals surface area contributed by atoms with E-state index in [2.05, 4.69) is 15.5 Å². The molecule has 0 spiro atoms. The van der Waals surface area contributed by atoms with Gasteiger partial charge in [0.25, 0.3) is 11.6 Å². The summed E-state index contributed by atoms with van der Waals surface area (Å²) in [6, 6.07) is 9.91. The van der Waals surface area contributed by atoms with Crippen LogP contribution in [-0.2, 0) is 4.79 Å². The van der Waals surface area contributed by atoms with Crippen molar-refractivity contribution in [3.05, 3.63) is 64.0 Å². The van der Waals surface area contributed by atoms with E-state index in [1.54, 1.807) is 43.3 Å². The van der Waals surface area contributed by atoms with E-state index in [4.69, 9.17) is 32.1 Å². The number of hydrogen-bond acceptors (Lipinski definition) is 6. The molecule has 2 amide bonds. The molecule has 4 aromatic rings. The monoisotopic (exact) mass is 458 g/mol. The number of nitrogens with one attached hydrogen (secondary N) is 1. The van der Waals surface area contributed by atoms with E-state index in [1.807, 2.05) is 0 Å². The lowest BCUT2D eigenvalue weighted by atomic mass is 10.1. The molecule has 3 aromatic heterocycles. The third-order valence-electron chi connectivity index (χ3n) is 4.58. The van der Waals surface area contributed by atoms with E-state index in [9.17, 15) is 9.59 Å². The molecule has 158 valence electrons. The number of likely N-dealkylation sites (N-methyl/N-ethyl adjacent to an activating group) is 1. The fraction of sp³-hybridized carbons (Fsp3) is 0.143. The Morgan fingerprint density at radius 1 is 1.16 bits per heavy atom. The smallest absolute Gasteiger partial charge is 0.259 e. The third-order valence-corrected chi connectivity index (χ3v) is 5.21. The van der Waals surface area contributed by atoms with Gasteiger partial charge >= 0.3 is 0 Å². The Labute approximate surface area is 186 Å². The number of nitrogens with zero attached hydrogens (tertiary/aromatic N) is 3. The molecule has 0 aliphatic heterocycles. The minimum atomic E-state index is -0.454. The molecule has 0 aliphatic carbocycles. The number of halogens is 2. The largest absolute Gasteiger partial charge is 0.463 e. The Morgan fingerprint density at radius 2 is 1.90 bits per heavy atom. The highest BCUT2D eigenvalue weighted by atomic mass is 35.5. The summed E-state index contributed by atoms with van der Waals surface area (Å²) in [6.45, 7) is 1.48. The van der Waals surface area contributed by atoms with Crippen LogP contribution in [0.15, 0.2) is 51.6 Å². The molecular weight excluding hydrogens is 443 g/mol. The average Bonchev–Trinajstić information content (AvgIpc) is 3.40. The lowest BCUT2D eigenvalue weighted by Gasteiger charge is -2.18. The summed E-state index contributed by atoms with van der Waals surface area (Å²) >= 11 is 12.2. The highest BCUT2D eigenvalue weighted by Crippen LogP contribution is 2.30. The number of aryl methyl sites for hydroxylation is 1. The van der Waals surface area contributed by atoms with Gasteiger partial charge in [-0.3, -0.25) is 9.59 Å². The Hall–Kier alpha value is -3.36. The Balaban J connectivity index is 1.61. The first-order chi connectivity index (χ1) is 14.8. The number of amides is 2. The highest BCUT2D eigenvalue weighted by molar-refractivity contribution is 6.39. The molecule has 0 fully saturated rings. The van der Waals surface area contributed by atoms with Crippen molar-refractivity contribution in [2.24, 2.45) is 0 Å². The molecular formula is C21H16Cl2N4O4. The summed E-state index contributed by atoms with van der Waals surface area (Å²) in [5, 5.41) is 7.62. The van der Waals surface area contributed by atoms with Gasteiger partial charge in [-0.25, -0.2) is 4.98 Å². The molecule has 0 saturated carbocycles. The first-order valence-electron chi connectivity index (χ1n) is 9.15. The number of aromatic nitrogens is 2. The number of rotatable bonds is 5. The molecule has 0 radical (unpaired) electrons. The van der Waals surface area contributed by atoms with Gasteiger partial charge in [0.05, 0.1) is 45.2 Å². The van der Waals surface area contributed by atoms with Crippen LogP contribution >= 0.6 is 23.2 Å². The SMILES string of the molecule is Cc1noc2nc(-c3ccco3)cc(C(=O)N(C)CC(=O)Nc3c(Cl)cccc3Cl)c12. The number of para-hydroxylation sites is 1. The van der Waals surface area contributed by atoms with Crippen molar-refractivity contribution in [1.82, 2.24) is 15.0 Å². The van der Waals surface area contributed by atoms with Crippen LogP contribution in [-0.4, -0.2) is 40.4 Å². The van der Waals surface area contributed by atoms with Crippen molar-refractivity contribution in [3.63, 3.8) is 0 Å². The molecule has 1 aromatic carbocycles. The molecule has 0 unspecified atom stereocenters. The number of carbonyl (C=O) groups is 2. The lowest BCUT2D eigenvalue weighted by Crippen LogP contribution is -2.35. The molecule has 3 heterocycles. The van der Waals surface area contributed by atoms with Crippen LogP contribution in [0.1, 0.15) is 16.1 Å². The first kappa shape index (κ1) is 20.9. The molecule has 0 bridgehead atoms. The maximum Gasteiger partial charge on any atom is 0.259 e. The second-order valence-electron chi connectivity index (χ2n) is 6.79. The summed E-state index contributed by atoms with van der Waals surface area (Å²) in [5.74, 6) is -0.393. The maximum atomic E-state index is 13.2. The highest BCUT2D eigenvalue weighted by Gasteiger charge is 2.24. The number of fused-ring (bicyclic) bond motifs is 1. The second kappa shape index (κ2) is 8.41. The van der Waals surface area contributed by atoms with E-state index in [0.29, 0.717) is 38.1 Å². The van der Waals surface area contributed by atoms with Gasteiger partial charge in [-0.1, -0.05) is 34.4 Å². The summed E-state index contributed by atoms with van der Waals surface area (Å²) in [5.41, 5.74) is 1.71. The lowest BCUT2D eigenvalue weighted by molar-refractivity contribution is -0.116. The van der Waals surface area contributed by atoms with Crippen molar-refractivity contribution in [3.8, 4) is 11.5 Å². The zero-order chi connectivity index (χ0) is 22.1. The summed E-state index contributed by atoms with van der Waals surface area (Å²) in [4.78, 5) is 31.4. The van der Waals surface area contributed by atoms with Gasteiger partial charge in [-0.2, -0.15) is 0 Å². The molecule has 10 heteroatoms. The van der Waals surface area contributed by atoms with Crippen molar-refractivity contribution in [2.75, 3.05) is 18.9 Å². The molecule has 1 N–H and O–H groups in total. The van der Waals surface area contributed by atoms with Crippen LogP contribution in [0, 0.1) is 6.92 Å². The van der Waals surface area contributed by atoms with E-state index < -0.39 is 11.8 Å². The van der Waals surface area contributed by atoms with Crippen LogP contribution in [0.3, 0.4) is 0 Å². The first-order valence-corrected chi connectivity index (χ1v) is 9.91. The minimum Gasteiger partial charge on any atom is -0.463 e. The van der Waals surface area contributed by atoms with Gasteiger partial charge in [0, 0.05) is 7.05 Å². The zero-order valence-corrected chi connectivity index (χ0v) is 18.0. The van der Waals surface area contributed by atoms with Crippen LogP contribution < -0.4 is 5.32 Å². The van der Waals surface area contributed by atoms with Crippen LogP contribution in [0.5, 0.6) is 0 Å². The summed E-state index contributed by atoms with van der Waals surface area (Å²) in [6.07, 6.45) is 1.50. The van der Waals surface area contributed by atoms with E-state index in [0.717, 1.165) is 0 Å². The zero-order valence-electron chi connectivity index (χ0n) is 16.5. The van der Waals surface area contributed by atoms with Gasteiger partial charge in [0.15, 0.2) is 5.76 Å². The van der Waals surface area contributed by atoms with Gasteiger partial charge in [0.2, 0.25) is 5.91 Å².